The summed E-state index contributed by atoms with van der Waals surface area (Å²) in [7, 11) is 1.65. The largest absolute Gasteiger partial charge is 0.497 e. The van der Waals surface area contributed by atoms with Crippen molar-refractivity contribution in [3.05, 3.63) is 82.3 Å². The van der Waals surface area contributed by atoms with E-state index in [2.05, 4.69) is 22.1 Å². The monoisotopic (exact) mass is 370 g/mol. The van der Waals surface area contributed by atoms with Crippen LogP contribution in [0.25, 0.3) is 0 Å². The van der Waals surface area contributed by atoms with Gasteiger partial charge in [0.2, 0.25) is 0 Å². The molecule has 1 N–H and O–H groups in total. The van der Waals surface area contributed by atoms with Gasteiger partial charge in [0, 0.05) is 22.5 Å². The predicted octanol–water partition coefficient (Wildman–Crippen LogP) is 4.36. The molecule has 6 heteroatoms. The van der Waals surface area contributed by atoms with Crippen LogP contribution in [-0.4, -0.2) is 17.1 Å². The molecule has 0 fully saturated rings. The van der Waals surface area contributed by atoms with E-state index in [1.54, 1.807) is 24.9 Å². The molecular formula is C19H18N2O2S2. The SMILES string of the molecule is COc1ccc(CSc2nc(CSc3ccccc3)cc(=O)[nH]2)cc1. The molecule has 0 amide bonds. The predicted molar refractivity (Wildman–Crippen MR) is 103 cm³/mol. The van der Waals surface area contributed by atoms with Gasteiger partial charge >= 0.3 is 0 Å². The van der Waals surface area contributed by atoms with Gasteiger partial charge in [-0.05, 0) is 29.8 Å². The maximum Gasteiger partial charge on any atom is 0.251 e. The lowest BCUT2D eigenvalue weighted by Crippen LogP contribution is -2.09. The second-order valence-electron chi connectivity index (χ2n) is 5.28. The molecule has 1 heterocycles. The lowest BCUT2D eigenvalue weighted by atomic mass is 10.2. The summed E-state index contributed by atoms with van der Waals surface area (Å²) >= 11 is 3.19. The molecule has 0 saturated carbocycles. The summed E-state index contributed by atoms with van der Waals surface area (Å²) < 4.78 is 5.16. The number of benzene rings is 2. The van der Waals surface area contributed by atoms with Gasteiger partial charge in [-0.25, -0.2) is 4.98 Å². The van der Waals surface area contributed by atoms with Crippen LogP contribution < -0.4 is 10.3 Å². The van der Waals surface area contributed by atoms with Crippen molar-refractivity contribution >= 4 is 23.5 Å². The molecule has 0 saturated heterocycles. The lowest BCUT2D eigenvalue weighted by Gasteiger charge is -2.05. The molecular weight excluding hydrogens is 352 g/mol. The number of aromatic amines is 1. The average molecular weight is 370 g/mol. The van der Waals surface area contributed by atoms with Crippen molar-refractivity contribution < 1.29 is 4.74 Å². The van der Waals surface area contributed by atoms with Gasteiger partial charge in [-0.1, -0.05) is 42.1 Å². The Morgan fingerprint density at radius 2 is 1.76 bits per heavy atom. The fourth-order valence-corrected chi connectivity index (χ4v) is 3.84. The first-order valence-electron chi connectivity index (χ1n) is 7.77. The first-order valence-corrected chi connectivity index (χ1v) is 9.74. The molecule has 4 nitrogen and oxygen atoms in total. The number of H-pyrrole nitrogens is 1. The summed E-state index contributed by atoms with van der Waals surface area (Å²) in [5.74, 6) is 2.24. The van der Waals surface area contributed by atoms with E-state index in [1.165, 1.54) is 11.8 Å². The Morgan fingerprint density at radius 3 is 2.48 bits per heavy atom. The average Bonchev–Trinajstić information content (AvgIpc) is 2.66. The summed E-state index contributed by atoms with van der Waals surface area (Å²) in [6.45, 7) is 0. The quantitative estimate of drug-likeness (QED) is 0.495. The van der Waals surface area contributed by atoms with E-state index in [4.69, 9.17) is 4.74 Å². The number of nitrogens with zero attached hydrogens (tertiary/aromatic N) is 1. The minimum atomic E-state index is -0.115. The number of ether oxygens (including phenoxy) is 1. The molecule has 0 unspecified atom stereocenters. The standard InChI is InChI=1S/C19H18N2O2S2/c1-23-16-9-7-14(8-10-16)12-25-19-20-15(11-18(22)21-19)13-24-17-5-3-2-4-6-17/h2-11H,12-13H2,1H3,(H,20,21,22). The van der Waals surface area contributed by atoms with E-state index in [1.807, 2.05) is 42.5 Å². The van der Waals surface area contributed by atoms with Gasteiger partial charge in [0.25, 0.3) is 5.56 Å². The highest BCUT2D eigenvalue weighted by atomic mass is 32.2. The Kier molecular flexibility index (Phi) is 6.19. The van der Waals surface area contributed by atoms with E-state index in [-0.39, 0.29) is 5.56 Å². The van der Waals surface area contributed by atoms with Crippen LogP contribution in [0.1, 0.15) is 11.3 Å². The second kappa shape index (κ2) is 8.78. The summed E-state index contributed by atoms with van der Waals surface area (Å²) in [6.07, 6.45) is 0. The van der Waals surface area contributed by atoms with Crippen molar-refractivity contribution in [3.8, 4) is 5.75 Å². The van der Waals surface area contributed by atoms with Gasteiger partial charge in [0.15, 0.2) is 5.16 Å². The van der Waals surface area contributed by atoms with Crippen molar-refractivity contribution in [1.82, 2.24) is 9.97 Å². The molecule has 0 aliphatic carbocycles. The van der Waals surface area contributed by atoms with E-state index < -0.39 is 0 Å². The summed E-state index contributed by atoms with van der Waals surface area (Å²) in [5, 5.41) is 0.645. The topological polar surface area (TPSA) is 55.0 Å². The number of hydrogen-bond acceptors (Lipinski definition) is 5. The highest BCUT2D eigenvalue weighted by Gasteiger charge is 2.04. The molecule has 0 aliphatic heterocycles. The zero-order chi connectivity index (χ0) is 17.5. The molecule has 0 radical (unpaired) electrons. The van der Waals surface area contributed by atoms with Gasteiger partial charge in [-0.2, -0.15) is 0 Å². The lowest BCUT2D eigenvalue weighted by molar-refractivity contribution is 0.414. The van der Waals surface area contributed by atoms with Gasteiger partial charge in [-0.3, -0.25) is 4.79 Å². The first-order chi connectivity index (χ1) is 12.2. The Morgan fingerprint density at radius 1 is 1.00 bits per heavy atom. The number of nitrogens with one attached hydrogen (secondary N) is 1. The third kappa shape index (κ3) is 5.41. The molecule has 0 atom stereocenters. The third-order valence-electron chi connectivity index (χ3n) is 3.44. The Labute approximate surface area is 155 Å². The summed E-state index contributed by atoms with van der Waals surface area (Å²) in [4.78, 5) is 20.4. The van der Waals surface area contributed by atoms with Crippen molar-refractivity contribution in [2.75, 3.05) is 7.11 Å². The third-order valence-corrected chi connectivity index (χ3v) is 5.43. The molecule has 25 heavy (non-hydrogen) atoms. The van der Waals surface area contributed by atoms with Gasteiger partial charge in [0.1, 0.15) is 5.75 Å². The highest BCUT2D eigenvalue weighted by Crippen LogP contribution is 2.23. The Balaban J connectivity index is 1.63. The Hall–Kier alpha value is -2.18. The van der Waals surface area contributed by atoms with Crippen LogP contribution in [0.5, 0.6) is 5.75 Å². The van der Waals surface area contributed by atoms with Crippen LogP contribution in [0.15, 0.2) is 75.5 Å². The number of aromatic nitrogens is 2. The molecule has 3 rings (SSSR count). The summed E-state index contributed by atoms with van der Waals surface area (Å²) in [6, 6.07) is 19.6. The molecule has 0 aliphatic rings. The van der Waals surface area contributed by atoms with E-state index in [0.717, 1.165) is 27.7 Å². The minimum Gasteiger partial charge on any atom is -0.497 e. The number of hydrogen-bond donors (Lipinski definition) is 1. The van der Waals surface area contributed by atoms with Gasteiger partial charge in [0.05, 0.1) is 12.8 Å². The smallest absolute Gasteiger partial charge is 0.251 e. The molecule has 2 aromatic carbocycles. The van der Waals surface area contributed by atoms with Crippen LogP contribution in [0.3, 0.4) is 0 Å². The van der Waals surface area contributed by atoms with Crippen LogP contribution in [0.4, 0.5) is 0 Å². The van der Waals surface area contributed by atoms with Crippen molar-refractivity contribution in [2.24, 2.45) is 0 Å². The zero-order valence-corrected chi connectivity index (χ0v) is 15.4. The normalized spacial score (nSPS) is 10.6. The van der Waals surface area contributed by atoms with Gasteiger partial charge < -0.3 is 9.72 Å². The highest BCUT2D eigenvalue weighted by molar-refractivity contribution is 7.98. The van der Waals surface area contributed by atoms with Crippen molar-refractivity contribution in [3.63, 3.8) is 0 Å². The number of methoxy groups -OCH3 is 1. The fraction of sp³-hybridized carbons (Fsp3) is 0.158. The zero-order valence-electron chi connectivity index (χ0n) is 13.8. The molecule has 0 bridgehead atoms. The molecule has 128 valence electrons. The molecule has 3 aromatic rings. The number of rotatable bonds is 7. The first kappa shape index (κ1) is 17.6. The van der Waals surface area contributed by atoms with E-state index in [9.17, 15) is 4.79 Å². The summed E-state index contributed by atoms with van der Waals surface area (Å²) in [5.41, 5.74) is 1.82. The van der Waals surface area contributed by atoms with E-state index >= 15 is 0 Å². The van der Waals surface area contributed by atoms with Crippen LogP contribution in [0, 0.1) is 0 Å². The van der Waals surface area contributed by atoms with Gasteiger partial charge in [-0.15, -0.1) is 11.8 Å². The van der Waals surface area contributed by atoms with Crippen LogP contribution >= 0.6 is 23.5 Å². The van der Waals surface area contributed by atoms with Crippen LogP contribution in [0.2, 0.25) is 0 Å². The van der Waals surface area contributed by atoms with Crippen LogP contribution in [-0.2, 0) is 11.5 Å². The maximum absolute atomic E-state index is 11.9. The van der Waals surface area contributed by atoms with Crippen molar-refractivity contribution in [1.29, 1.82) is 0 Å². The maximum atomic E-state index is 11.9. The second-order valence-corrected chi connectivity index (χ2v) is 7.29. The molecule has 1 aromatic heterocycles. The van der Waals surface area contributed by atoms with E-state index in [0.29, 0.717) is 10.9 Å². The van der Waals surface area contributed by atoms with Crippen molar-refractivity contribution in [2.45, 2.75) is 21.6 Å². The minimum absolute atomic E-state index is 0.115. The Bertz CT molecular complexity index is 865. The fourth-order valence-electron chi connectivity index (χ4n) is 2.17. The molecule has 0 spiro atoms. The number of thioether (sulfide) groups is 2.